The van der Waals surface area contributed by atoms with Crippen molar-refractivity contribution in [1.82, 2.24) is 29.7 Å². The molecule has 0 bridgehead atoms. The van der Waals surface area contributed by atoms with Crippen LogP contribution in [0, 0.1) is 0 Å². The third-order valence-corrected chi connectivity index (χ3v) is 4.40. The van der Waals surface area contributed by atoms with E-state index in [1.54, 1.807) is 10.9 Å². The minimum Gasteiger partial charge on any atom is -0.361 e. The summed E-state index contributed by atoms with van der Waals surface area (Å²) in [7, 11) is 0. The van der Waals surface area contributed by atoms with Gasteiger partial charge in [-0.3, -0.25) is 9.36 Å². The zero-order valence-corrected chi connectivity index (χ0v) is 13.2. The smallest absolute Gasteiger partial charge is 0.283 e. The lowest BCUT2D eigenvalue weighted by Crippen LogP contribution is -2.21. The molecule has 124 valence electrons. The maximum Gasteiger partial charge on any atom is 0.283 e. The van der Waals surface area contributed by atoms with Crippen molar-refractivity contribution in [2.45, 2.75) is 25.3 Å². The summed E-state index contributed by atoms with van der Waals surface area (Å²) in [4.78, 5) is 17.2. The number of aromatic nitrogens is 6. The molecule has 0 saturated heterocycles. The molecule has 1 aliphatic carbocycles. The monoisotopic (exact) mass is 334 g/mol. The van der Waals surface area contributed by atoms with Crippen molar-refractivity contribution in [3.63, 3.8) is 0 Å². The molecule has 1 saturated carbocycles. The van der Waals surface area contributed by atoms with Crippen LogP contribution >= 0.6 is 0 Å². The van der Waals surface area contributed by atoms with Gasteiger partial charge in [0.05, 0.1) is 18.4 Å². The molecule has 8 nitrogen and oxygen atoms in total. The lowest BCUT2D eigenvalue weighted by Gasteiger charge is -2.05. The normalized spacial score (nSPS) is 14.2. The summed E-state index contributed by atoms with van der Waals surface area (Å²) in [5.41, 5.74) is 2.19. The third-order valence-electron chi connectivity index (χ3n) is 4.40. The zero-order valence-electron chi connectivity index (χ0n) is 13.2. The number of rotatable bonds is 4. The molecule has 5 rings (SSSR count). The van der Waals surface area contributed by atoms with Crippen molar-refractivity contribution in [1.29, 1.82) is 0 Å². The highest BCUT2D eigenvalue weighted by atomic mass is 16.5. The first-order valence-corrected chi connectivity index (χ1v) is 8.11. The molecular formula is C17H14N6O2. The second kappa shape index (κ2) is 5.37. The Morgan fingerprint density at radius 3 is 2.84 bits per heavy atom. The minimum atomic E-state index is -0.227. The molecule has 8 heteroatoms. The molecule has 4 aromatic rings. The van der Waals surface area contributed by atoms with E-state index in [9.17, 15) is 4.79 Å². The van der Waals surface area contributed by atoms with Gasteiger partial charge < -0.3 is 4.52 Å². The Hall–Kier alpha value is -3.29. The van der Waals surface area contributed by atoms with Crippen LogP contribution in [0.3, 0.4) is 0 Å². The molecule has 1 fully saturated rings. The first-order valence-electron chi connectivity index (χ1n) is 8.11. The van der Waals surface area contributed by atoms with Gasteiger partial charge in [-0.1, -0.05) is 28.6 Å². The Bertz CT molecular complexity index is 1110. The number of hydrogen-bond acceptors (Lipinski definition) is 6. The van der Waals surface area contributed by atoms with Crippen LogP contribution in [0.4, 0.5) is 0 Å². The lowest BCUT2D eigenvalue weighted by molar-refractivity contribution is 0.382. The summed E-state index contributed by atoms with van der Waals surface area (Å²) in [6.45, 7) is 0.370. The molecule has 0 aliphatic heterocycles. The molecule has 0 atom stereocenters. The van der Waals surface area contributed by atoms with E-state index in [1.165, 1.54) is 10.9 Å². The standard InChI is InChI=1S/C17H14N6O2/c24-17-14-16(23(21-20-14)13-4-2-1-3-5-13)18-10-22(17)9-12-8-19-25-15(12)11-6-7-11/h1-5,8,10-11H,6-7,9H2. The van der Waals surface area contributed by atoms with Crippen LogP contribution < -0.4 is 5.56 Å². The van der Waals surface area contributed by atoms with Crippen LogP contribution in [0.5, 0.6) is 0 Å². The summed E-state index contributed by atoms with van der Waals surface area (Å²) >= 11 is 0. The fraction of sp³-hybridized carbons (Fsp3) is 0.235. The number of nitrogens with zero attached hydrogens (tertiary/aromatic N) is 6. The predicted octanol–water partition coefficient (Wildman–Crippen LogP) is 1.89. The van der Waals surface area contributed by atoms with Crippen molar-refractivity contribution in [2.24, 2.45) is 0 Å². The predicted molar refractivity (Wildman–Crippen MR) is 88.5 cm³/mol. The SMILES string of the molecule is O=c1c2nnn(-c3ccccc3)c2ncn1Cc1cnoc1C1CC1. The van der Waals surface area contributed by atoms with Crippen molar-refractivity contribution < 1.29 is 4.52 Å². The first-order chi connectivity index (χ1) is 12.3. The van der Waals surface area contributed by atoms with E-state index in [0.717, 1.165) is 29.9 Å². The molecule has 0 N–H and O–H groups in total. The topological polar surface area (TPSA) is 91.6 Å². The molecule has 1 aromatic carbocycles. The minimum absolute atomic E-state index is 0.227. The van der Waals surface area contributed by atoms with Crippen LogP contribution in [0.2, 0.25) is 0 Å². The molecule has 1 aliphatic rings. The van der Waals surface area contributed by atoms with E-state index >= 15 is 0 Å². The van der Waals surface area contributed by atoms with Crippen LogP contribution in [0.25, 0.3) is 16.9 Å². The second-order valence-corrected chi connectivity index (χ2v) is 6.18. The van der Waals surface area contributed by atoms with E-state index < -0.39 is 0 Å². The fourth-order valence-electron chi connectivity index (χ4n) is 2.95. The van der Waals surface area contributed by atoms with Gasteiger partial charge in [-0.05, 0) is 25.0 Å². The largest absolute Gasteiger partial charge is 0.361 e. The molecule has 3 heterocycles. The van der Waals surface area contributed by atoms with E-state index in [2.05, 4.69) is 20.5 Å². The van der Waals surface area contributed by atoms with E-state index in [-0.39, 0.29) is 11.1 Å². The van der Waals surface area contributed by atoms with Crippen LogP contribution in [0.1, 0.15) is 30.1 Å². The Morgan fingerprint density at radius 1 is 1.20 bits per heavy atom. The quantitative estimate of drug-likeness (QED) is 0.566. The molecule has 25 heavy (non-hydrogen) atoms. The molecule has 3 aromatic heterocycles. The molecular weight excluding hydrogens is 320 g/mol. The second-order valence-electron chi connectivity index (χ2n) is 6.18. The van der Waals surface area contributed by atoms with Gasteiger partial charge >= 0.3 is 0 Å². The Kier molecular flexibility index (Phi) is 3.03. The molecule has 0 unspecified atom stereocenters. The van der Waals surface area contributed by atoms with Crippen LogP contribution in [-0.2, 0) is 6.54 Å². The highest BCUT2D eigenvalue weighted by molar-refractivity contribution is 5.70. The van der Waals surface area contributed by atoms with Gasteiger partial charge in [-0.15, -0.1) is 5.10 Å². The van der Waals surface area contributed by atoms with Crippen molar-refractivity contribution >= 4 is 11.2 Å². The number of benzene rings is 1. The Balaban J connectivity index is 1.56. The van der Waals surface area contributed by atoms with Crippen LogP contribution in [0.15, 0.2) is 52.2 Å². The van der Waals surface area contributed by atoms with Gasteiger partial charge in [0, 0.05) is 11.5 Å². The Morgan fingerprint density at radius 2 is 2.04 bits per heavy atom. The summed E-state index contributed by atoms with van der Waals surface area (Å²) in [5.74, 6) is 1.31. The molecule has 0 amide bonds. The highest BCUT2D eigenvalue weighted by Crippen LogP contribution is 2.41. The van der Waals surface area contributed by atoms with E-state index in [1.807, 2.05) is 30.3 Å². The van der Waals surface area contributed by atoms with E-state index in [4.69, 9.17) is 4.52 Å². The summed E-state index contributed by atoms with van der Waals surface area (Å²) in [5, 5.41) is 12.0. The lowest BCUT2D eigenvalue weighted by atomic mass is 10.2. The van der Waals surface area contributed by atoms with Gasteiger partial charge in [-0.2, -0.15) is 4.68 Å². The van der Waals surface area contributed by atoms with Gasteiger partial charge in [0.1, 0.15) is 12.1 Å². The van der Waals surface area contributed by atoms with Crippen molar-refractivity contribution in [3.8, 4) is 5.69 Å². The summed E-state index contributed by atoms with van der Waals surface area (Å²) < 4.78 is 8.42. The maximum absolute atomic E-state index is 12.8. The highest BCUT2D eigenvalue weighted by Gasteiger charge is 2.30. The fourth-order valence-corrected chi connectivity index (χ4v) is 2.95. The summed E-state index contributed by atoms with van der Waals surface area (Å²) in [6.07, 6.45) is 5.42. The maximum atomic E-state index is 12.8. The Labute approximate surface area is 141 Å². The van der Waals surface area contributed by atoms with Gasteiger partial charge in [0.25, 0.3) is 5.56 Å². The number of para-hydroxylation sites is 1. The molecule has 0 radical (unpaired) electrons. The average molecular weight is 334 g/mol. The van der Waals surface area contributed by atoms with E-state index in [0.29, 0.717) is 18.1 Å². The van der Waals surface area contributed by atoms with Crippen LogP contribution in [-0.4, -0.2) is 29.7 Å². The molecule has 0 spiro atoms. The number of fused-ring (bicyclic) bond motifs is 1. The first kappa shape index (κ1) is 14.1. The third kappa shape index (κ3) is 2.34. The average Bonchev–Trinajstić information content (AvgIpc) is 3.22. The van der Waals surface area contributed by atoms with Crippen molar-refractivity contribution in [2.75, 3.05) is 0 Å². The summed E-state index contributed by atoms with van der Waals surface area (Å²) in [6, 6.07) is 9.49. The van der Waals surface area contributed by atoms with Gasteiger partial charge in [0.15, 0.2) is 11.2 Å². The van der Waals surface area contributed by atoms with Gasteiger partial charge in [0.2, 0.25) is 0 Å². The zero-order chi connectivity index (χ0) is 16.8. The van der Waals surface area contributed by atoms with Crippen molar-refractivity contribution in [3.05, 3.63) is 64.5 Å². The number of hydrogen-bond donors (Lipinski definition) is 0. The van der Waals surface area contributed by atoms with Gasteiger partial charge in [-0.25, -0.2) is 4.98 Å².